The minimum absolute atomic E-state index is 0.455. The van der Waals surface area contributed by atoms with Gasteiger partial charge in [-0.3, -0.25) is 4.90 Å². The van der Waals surface area contributed by atoms with E-state index in [1.54, 1.807) is 0 Å². The number of rotatable bonds is 6. The van der Waals surface area contributed by atoms with E-state index in [1.807, 2.05) is 18.2 Å². The zero-order valence-electron chi connectivity index (χ0n) is 11.1. The van der Waals surface area contributed by atoms with Crippen molar-refractivity contribution in [2.75, 3.05) is 6.54 Å². The molecule has 3 heteroatoms. The Hall–Kier alpha value is -1.58. The summed E-state index contributed by atoms with van der Waals surface area (Å²) in [5.74, 6) is 0.913. The molecule has 0 spiro atoms. The summed E-state index contributed by atoms with van der Waals surface area (Å²) in [6.07, 6.45) is 4.56. The quantitative estimate of drug-likeness (QED) is 0.808. The summed E-state index contributed by atoms with van der Waals surface area (Å²) >= 11 is 0. The molecule has 1 fully saturated rings. The minimum Gasteiger partial charge on any atom is -0.459 e. The number of benzene rings is 1. The summed E-state index contributed by atoms with van der Waals surface area (Å²) < 4.78 is 5.85. The van der Waals surface area contributed by atoms with Crippen LogP contribution in [0.1, 0.15) is 24.2 Å². The Kier molecular flexibility index (Phi) is 3.40. The van der Waals surface area contributed by atoms with E-state index in [0.717, 1.165) is 24.4 Å². The summed E-state index contributed by atoms with van der Waals surface area (Å²) in [6, 6.07) is 8.88. The van der Waals surface area contributed by atoms with Gasteiger partial charge in [0.05, 0.1) is 6.54 Å². The fourth-order valence-corrected chi connectivity index (χ4v) is 2.64. The number of nitrogens with zero attached hydrogens (tertiary/aromatic N) is 1. The molecule has 0 radical (unpaired) electrons. The molecule has 19 heavy (non-hydrogen) atoms. The molecule has 2 aromatic rings. The molecule has 3 nitrogen and oxygen atoms in total. The Labute approximate surface area is 113 Å². The molecule has 1 aromatic carbocycles. The van der Waals surface area contributed by atoms with Gasteiger partial charge in [-0.25, -0.2) is 0 Å². The van der Waals surface area contributed by atoms with Crippen LogP contribution >= 0.6 is 0 Å². The molecule has 1 aliphatic carbocycles. The number of para-hydroxylation sites is 1. The van der Waals surface area contributed by atoms with Gasteiger partial charge in [-0.15, -0.1) is 6.58 Å². The van der Waals surface area contributed by atoms with Crippen molar-refractivity contribution in [3.8, 4) is 0 Å². The Balaban J connectivity index is 1.95. The van der Waals surface area contributed by atoms with E-state index in [4.69, 9.17) is 10.2 Å². The number of fused-ring (bicyclic) bond motifs is 1. The second kappa shape index (κ2) is 5.19. The van der Waals surface area contributed by atoms with Gasteiger partial charge in [-0.1, -0.05) is 24.3 Å². The highest BCUT2D eigenvalue weighted by molar-refractivity contribution is 5.82. The average Bonchev–Trinajstić information content (AvgIpc) is 3.22. The molecule has 0 atom stereocenters. The molecule has 100 valence electrons. The van der Waals surface area contributed by atoms with Gasteiger partial charge in [0.2, 0.25) is 0 Å². The maximum absolute atomic E-state index is 5.85. The van der Waals surface area contributed by atoms with E-state index in [2.05, 4.69) is 23.6 Å². The van der Waals surface area contributed by atoms with Crippen molar-refractivity contribution in [3.63, 3.8) is 0 Å². The normalized spacial score (nSPS) is 15.3. The summed E-state index contributed by atoms with van der Waals surface area (Å²) in [7, 11) is 0. The number of hydrogen-bond donors (Lipinski definition) is 1. The molecule has 1 saturated carbocycles. The smallest absolute Gasteiger partial charge is 0.134 e. The largest absolute Gasteiger partial charge is 0.459 e. The topological polar surface area (TPSA) is 42.4 Å². The fourth-order valence-electron chi connectivity index (χ4n) is 2.64. The van der Waals surface area contributed by atoms with E-state index in [9.17, 15) is 0 Å². The van der Waals surface area contributed by atoms with E-state index < -0.39 is 0 Å². The van der Waals surface area contributed by atoms with Crippen LogP contribution in [0.4, 0.5) is 0 Å². The van der Waals surface area contributed by atoms with Crippen LogP contribution in [0.15, 0.2) is 41.3 Å². The fraction of sp³-hybridized carbons (Fsp3) is 0.375. The molecule has 1 heterocycles. The van der Waals surface area contributed by atoms with Gasteiger partial charge < -0.3 is 10.2 Å². The number of furan rings is 1. The molecular weight excluding hydrogens is 236 g/mol. The molecule has 0 amide bonds. The summed E-state index contributed by atoms with van der Waals surface area (Å²) in [6.45, 7) is 6.14. The molecule has 1 aliphatic rings. The molecular formula is C16H20N2O. The van der Waals surface area contributed by atoms with Gasteiger partial charge in [-0.05, 0) is 18.9 Å². The third kappa shape index (κ3) is 2.44. The average molecular weight is 256 g/mol. The third-order valence-corrected chi connectivity index (χ3v) is 3.76. The first-order chi connectivity index (χ1) is 9.33. The second-order valence-electron chi connectivity index (χ2n) is 5.15. The predicted molar refractivity (Wildman–Crippen MR) is 77.7 cm³/mol. The highest BCUT2D eigenvalue weighted by Crippen LogP contribution is 2.32. The van der Waals surface area contributed by atoms with Crippen LogP contribution < -0.4 is 5.73 Å². The van der Waals surface area contributed by atoms with Crippen molar-refractivity contribution in [2.45, 2.75) is 32.0 Å². The van der Waals surface area contributed by atoms with Gasteiger partial charge >= 0.3 is 0 Å². The molecule has 0 bridgehead atoms. The van der Waals surface area contributed by atoms with Gasteiger partial charge in [0.1, 0.15) is 11.3 Å². The summed E-state index contributed by atoms with van der Waals surface area (Å²) in [4.78, 5) is 2.46. The van der Waals surface area contributed by atoms with Gasteiger partial charge in [0.15, 0.2) is 0 Å². The SMILES string of the molecule is C=CCN(Cc1c(CN)oc2ccccc12)C1CC1. The van der Waals surface area contributed by atoms with Crippen molar-refractivity contribution in [1.29, 1.82) is 0 Å². The maximum Gasteiger partial charge on any atom is 0.134 e. The third-order valence-electron chi connectivity index (χ3n) is 3.76. The van der Waals surface area contributed by atoms with Gasteiger partial charge in [0.25, 0.3) is 0 Å². The minimum atomic E-state index is 0.455. The van der Waals surface area contributed by atoms with Crippen molar-refractivity contribution < 1.29 is 4.42 Å². The second-order valence-corrected chi connectivity index (χ2v) is 5.15. The van der Waals surface area contributed by atoms with Crippen LogP contribution in [0, 0.1) is 0 Å². The van der Waals surface area contributed by atoms with Crippen molar-refractivity contribution in [3.05, 3.63) is 48.2 Å². The Morgan fingerprint density at radius 1 is 1.37 bits per heavy atom. The van der Waals surface area contributed by atoms with E-state index in [1.165, 1.54) is 23.8 Å². The Bertz CT molecular complexity index is 583. The standard InChI is InChI=1S/C16H20N2O/c1-2-9-18(12-7-8-12)11-14-13-5-3-4-6-15(13)19-16(14)10-17/h2-6,12H,1,7-11,17H2. The Morgan fingerprint density at radius 2 is 2.16 bits per heavy atom. The molecule has 0 unspecified atom stereocenters. The first kappa shape index (κ1) is 12.5. The van der Waals surface area contributed by atoms with Crippen LogP contribution in [-0.2, 0) is 13.1 Å². The van der Waals surface area contributed by atoms with Gasteiger partial charge in [0, 0.05) is 30.1 Å². The van der Waals surface area contributed by atoms with Crippen LogP contribution in [0.5, 0.6) is 0 Å². The lowest BCUT2D eigenvalue weighted by Gasteiger charge is -2.20. The molecule has 0 saturated heterocycles. The molecule has 0 aliphatic heterocycles. The molecule has 2 N–H and O–H groups in total. The monoisotopic (exact) mass is 256 g/mol. The van der Waals surface area contributed by atoms with Gasteiger partial charge in [-0.2, -0.15) is 0 Å². The first-order valence-electron chi connectivity index (χ1n) is 6.87. The van der Waals surface area contributed by atoms with Crippen LogP contribution in [0.3, 0.4) is 0 Å². The van der Waals surface area contributed by atoms with Crippen LogP contribution in [0.25, 0.3) is 11.0 Å². The predicted octanol–water partition coefficient (Wildman–Crippen LogP) is 3.04. The van der Waals surface area contributed by atoms with Crippen molar-refractivity contribution in [1.82, 2.24) is 4.90 Å². The summed E-state index contributed by atoms with van der Waals surface area (Å²) in [5.41, 5.74) is 8.00. The zero-order chi connectivity index (χ0) is 13.2. The lowest BCUT2D eigenvalue weighted by atomic mass is 10.1. The lowest BCUT2D eigenvalue weighted by Crippen LogP contribution is -2.26. The molecule has 1 aromatic heterocycles. The molecule has 3 rings (SSSR count). The van der Waals surface area contributed by atoms with E-state index in [0.29, 0.717) is 12.6 Å². The highest BCUT2D eigenvalue weighted by Gasteiger charge is 2.29. The maximum atomic E-state index is 5.85. The van der Waals surface area contributed by atoms with E-state index >= 15 is 0 Å². The lowest BCUT2D eigenvalue weighted by molar-refractivity contribution is 0.282. The van der Waals surface area contributed by atoms with Crippen LogP contribution in [-0.4, -0.2) is 17.5 Å². The van der Waals surface area contributed by atoms with Crippen molar-refractivity contribution >= 4 is 11.0 Å². The zero-order valence-corrected chi connectivity index (χ0v) is 11.1. The van der Waals surface area contributed by atoms with E-state index in [-0.39, 0.29) is 0 Å². The Morgan fingerprint density at radius 3 is 2.84 bits per heavy atom. The highest BCUT2D eigenvalue weighted by atomic mass is 16.3. The number of nitrogens with two attached hydrogens (primary N) is 1. The summed E-state index contributed by atoms with van der Waals surface area (Å²) in [5, 5.41) is 1.19. The van der Waals surface area contributed by atoms with Crippen molar-refractivity contribution in [2.24, 2.45) is 5.73 Å². The number of hydrogen-bond acceptors (Lipinski definition) is 3. The first-order valence-corrected chi connectivity index (χ1v) is 6.87. The van der Waals surface area contributed by atoms with Crippen LogP contribution in [0.2, 0.25) is 0 Å².